The van der Waals surface area contributed by atoms with E-state index in [4.69, 9.17) is 20.4 Å². The Labute approximate surface area is 81.1 Å². The van der Waals surface area contributed by atoms with Crippen LogP contribution in [0, 0.1) is 0 Å². The van der Waals surface area contributed by atoms with Crippen molar-refractivity contribution in [3.8, 4) is 0 Å². The van der Waals surface area contributed by atoms with Crippen LogP contribution >= 0.6 is 15.8 Å². The van der Waals surface area contributed by atoms with Gasteiger partial charge >= 0.3 is 0 Å². The normalized spacial score (nSPS) is 11.5. The van der Waals surface area contributed by atoms with Gasteiger partial charge in [0.25, 0.3) is 0 Å². The molecule has 0 rings (SSSR count). The van der Waals surface area contributed by atoms with Gasteiger partial charge in [0, 0.05) is 0 Å². The summed E-state index contributed by atoms with van der Waals surface area (Å²) in [6.45, 7) is 0. The Bertz CT molecular complexity index is 94.7. The van der Waals surface area contributed by atoms with Crippen LogP contribution in [-0.4, -0.2) is 58.1 Å². The minimum atomic E-state index is -0.639. The van der Waals surface area contributed by atoms with Crippen molar-refractivity contribution < 1.29 is 20.4 Å². The van der Waals surface area contributed by atoms with Gasteiger partial charge in [-0.15, -0.1) is 0 Å². The number of aliphatic hydroxyl groups is 4. The van der Waals surface area contributed by atoms with Gasteiger partial charge in [-0.05, 0) is 18.7 Å². The summed E-state index contributed by atoms with van der Waals surface area (Å²) in [5, 5.41) is 35.1. The van der Waals surface area contributed by atoms with Crippen LogP contribution in [0.3, 0.4) is 0 Å². The maximum absolute atomic E-state index is 8.78. The van der Waals surface area contributed by atoms with Crippen molar-refractivity contribution in [3.63, 3.8) is 0 Å². The molecular weight excluding hydrogens is 210 g/mol. The zero-order valence-electron chi connectivity index (χ0n) is 7.63. The second-order valence-electron chi connectivity index (χ2n) is 2.71. The van der Waals surface area contributed by atoms with E-state index in [1.54, 1.807) is 0 Å². The fraction of sp³-hybridized carbons (Fsp3) is 1.00. The molecule has 0 aliphatic carbocycles. The highest BCUT2D eigenvalue weighted by Gasteiger charge is 2.08. The molecule has 0 spiro atoms. The Morgan fingerprint density at radius 1 is 0.615 bits per heavy atom. The van der Waals surface area contributed by atoms with E-state index in [-0.39, 0.29) is 25.4 Å². The predicted molar refractivity (Wildman–Crippen MR) is 56.5 cm³/mol. The topological polar surface area (TPSA) is 80.9 Å². The van der Waals surface area contributed by atoms with Gasteiger partial charge in [0.2, 0.25) is 0 Å². The van der Waals surface area contributed by atoms with E-state index < -0.39 is 15.8 Å². The van der Waals surface area contributed by atoms with Gasteiger partial charge in [-0.2, -0.15) is 0 Å². The molecule has 6 heteroatoms. The lowest BCUT2D eigenvalue weighted by Gasteiger charge is -2.14. The molecular formula is C7H18O4P2. The van der Waals surface area contributed by atoms with Crippen LogP contribution in [0.15, 0.2) is 0 Å². The van der Waals surface area contributed by atoms with Gasteiger partial charge in [-0.25, -0.2) is 0 Å². The van der Waals surface area contributed by atoms with Crippen molar-refractivity contribution in [3.05, 3.63) is 0 Å². The summed E-state index contributed by atoms with van der Waals surface area (Å²) in [6, 6.07) is 0. The third-order valence-corrected chi connectivity index (χ3v) is 5.25. The molecule has 13 heavy (non-hydrogen) atoms. The third-order valence-electron chi connectivity index (χ3n) is 1.75. The lowest BCUT2D eigenvalue weighted by atomic mass is 10.6. The average molecular weight is 228 g/mol. The first-order valence-corrected chi connectivity index (χ1v) is 7.96. The Morgan fingerprint density at radius 3 is 1.15 bits per heavy atom. The SMILES string of the molecule is OCP(CO)CCCP(CO)CO. The molecule has 0 aliphatic rings. The first-order chi connectivity index (χ1) is 6.28. The third kappa shape index (κ3) is 6.73. The highest BCUT2D eigenvalue weighted by Crippen LogP contribution is 2.38. The van der Waals surface area contributed by atoms with Gasteiger partial charge in [0.05, 0.1) is 25.4 Å². The molecule has 0 aromatic carbocycles. The van der Waals surface area contributed by atoms with Crippen LogP contribution < -0.4 is 0 Å². The zero-order valence-corrected chi connectivity index (χ0v) is 9.42. The Balaban J connectivity index is 3.41. The fourth-order valence-electron chi connectivity index (χ4n) is 0.890. The summed E-state index contributed by atoms with van der Waals surface area (Å²) >= 11 is 0. The summed E-state index contributed by atoms with van der Waals surface area (Å²) in [5.74, 6) is 0. The molecule has 0 saturated carbocycles. The first kappa shape index (κ1) is 13.7. The number of hydrogen-bond donors (Lipinski definition) is 4. The fourth-order valence-corrected chi connectivity index (χ4v) is 3.09. The van der Waals surface area contributed by atoms with Crippen molar-refractivity contribution in [2.45, 2.75) is 6.42 Å². The highest BCUT2D eigenvalue weighted by molar-refractivity contribution is 7.58. The van der Waals surface area contributed by atoms with Gasteiger partial charge in [0.15, 0.2) is 0 Å². The minimum Gasteiger partial charge on any atom is -0.392 e. The second kappa shape index (κ2) is 9.26. The van der Waals surface area contributed by atoms with Crippen molar-refractivity contribution in [2.75, 3.05) is 37.7 Å². The monoisotopic (exact) mass is 228 g/mol. The molecule has 0 amide bonds. The highest BCUT2D eigenvalue weighted by atomic mass is 31.1. The standard InChI is InChI=1S/C7H18O4P2/c8-4-12(5-9)2-1-3-13(6-10)7-11/h8-11H,1-7H2. The molecule has 0 saturated heterocycles. The van der Waals surface area contributed by atoms with Crippen molar-refractivity contribution in [1.29, 1.82) is 0 Å². The molecule has 0 aromatic heterocycles. The molecule has 0 aliphatic heterocycles. The van der Waals surface area contributed by atoms with Crippen LogP contribution in [0.4, 0.5) is 0 Å². The molecule has 0 radical (unpaired) electrons. The summed E-state index contributed by atoms with van der Waals surface area (Å²) in [6.07, 6.45) is 2.80. The quantitative estimate of drug-likeness (QED) is 0.445. The Morgan fingerprint density at radius 2 is 0.923 bits per heavy atom. The van der Waals surface area contributed by atoms with Crippen LogP contribution in [0.2, 0.25) is 0 Å². The summed E-state index contributed by atoms with van der Waals surface area (Å²) in [5.41, 5.74) is 0. The van der Waals surface area contributed by atoms with Gasteiger partial charge in [-0.3, -0.25) is 0 Å². The van der Waals surface area contributed by atoms with Crippen LogP contribution in [-0.2, 0) is 0 Å². The van der Waals surface area contributed by atoms with E-state index in [2.05, 4.69) is 0 Å². The van der Waals surface area contributed by atoms with E-state index in [1.165, 1.54) is 0 Å². The maximum Gasteiger partial charge on any atom is 0.0646 e. The molecule has 0 unspecified atom stereocenters. The Kier molecular flexibility index (Phi) is 9.76. The molecule has 4 N–H and O–H groups in total. The largest absolute Gasteiger partial charge is 0.392 e. The molecule has 80 valence electrons. The van der Waals surface area contributed by atoms with Crippen molar-refractivity contribution in [1.82, 2.24) is 0 Å². The predicted octanol–water partition coefficient (Wildman–Crippen LogP) is 0.139. The molecule has 0 fully saturated rings. The lowest BCUT2D eigenvalue weighted by molar-refractivity contribution is 0.342. The average Bonchev–Trinajstić information content (AvgIpc) is 2.19. The van der Waals surface area contributed by atoms with E-state index in [1.807, 2.05) is 0 Å². The molecule has 0 bridgehead atoms. The van der Waals surface area contributed by atoms with Crippen LogP contribution in [0.1, 0.15) is 6.42 Å². The minimum absolute atomic E-state index is 0.0714. The summed E-state index contributed by atoms with van der Waals surface area (Å²) in [7, 11) is -1.28. The number of aliphatic hydroxyl groups excluding tert-OH is 4. The summed E-state index contributed by atoms with van der Waals surface area (Å²) in [4.78, 5) is 0. The molecule has 0 atom stereocenters. The van der Waals surface area contributed by atoms with Crippen LogP contribution in [0.5, 0.6) is 0 Å². The van der Waals surface area contributed by atoms with Gasteiger partial charge in [0.1, 0.15) is 0 Å². The number of hydrogen-bond acceptors (Lipinski definition) is 4. The second-order valence-corrected chi connectivity index (χ2v) is 7.42. The van der Waals surface area contributed by atoms with E-state index >= 15 is 0 Å². The smallest absolute Gasteiger partial charge is 0.0646 e. The summed E-state index contributed by atoms with van der Waals surface area (Å²) < 4.78 is 0. The van der Waals surface area contributed by atoms with Gasteiger partial charge in [-0.1, -0.05) is 15.8 Å². The molecule has 4 nitrogen and oxygen atoms in total. The van der Waals surface area contributed by atoms with E-state index in [9.17, 15) is 0 Å². The van der Waals surface area contributed by atoms with Crippen LogP contribution in [0.25, 0.3) is 0 Å². The van der Waals surface area contributed by atoms with Gasteiger partial charge < -0.3 is 20.4 Å². The lowest BCUT2D eigenvalue weighted by Crippen LogP contribution is -1.99. The number of rotatable bonds is 8. The molecule has 0 heterocycles. The van der Waals surface area contributed by atoms with Crippen molar-refractivity contribution >= 4 is 15.8 Å². The van der Waals surface area contributed by atoms with Crippen molar-refractivity contribution in [2.24, 2.45) is 0 Å². The Hall–Kier alpha value is 0.700. The first-order valence-electron chi connectivity index (χ1n) is 4.16. The van der Waals surface area contributed by atoms with E-state index in [0.717, 1.165) is 18.7 Å². The zero-order chi connectivity index (χ0) is 10.1. The maximum atomic E-state index is 8.78. The molecule has 0 aromatic rings. The van der Waals surface area contributed by atoms with E-state index in [0.29, 0.717) is 0 Å².